The van der Waals surface area contributed by atoms with Gasteiger partial charge in [0.1, 0.15) is 5.75 Å². The van der Waals surface area contributed by atoms with E-state index in [-0.39, 0.29) is 13.2 Å². The Balaban J connectivity index is 1.77. The largest absolute Gasteiger partial charge is 0.494 e. The summed E-state index contributed by atoms with van der Waals surface area (Å²) in [5.41, 5.74) is 2.78. The quantitative estimate of drug-likeness (QED) is 0.220. The first-order valence-electron chi connectivity index (χ1n) is 13.5. The molecule has 0 amide bonds. The third kappa shape index (κ3) is 7.82. The van der Waals surface area contributed by atoms with Crippen LogP contribution in [0.1, 0.15) is 81.0 Å². The standard InChI is InChI=1S/C32H40O5/c1-6-35-31(33)28-17-18-29(32(34)36-7-2)30-21-25(13-16-27(28)30)24-11-14-26(15-12-24)37-20-19-23(5)10-8-9-22(3)4/h11-18,21-23H,6-10,19-20H2,1-5H3. The van der Waals surface area contributed by atoms with E-state index < -0.39 is 11.9 Å². The molecule has 0 heterocycles. The molecule has 1 atom stereocenters. The van der Waals surface area contributed by atoms with E-state index in [1.165, 1.54) is 19.3 Å². The first-order valence-corrected chi connectivity index (χ1v) is 13.5. The molecule has 0 aliphatic heterocycles. The molecule has 5 nitrogen and oxygen atoms in total. The highest BCUT2D eigenvalue weighted by atomic mass is 16.5. The predicted molar refractivity (Wildman–Crippen MR) is 149 cm³/mol. The van der Waals surface area contributed by atoms with Crippen LogP contribution in [0.4, 0.5) is 0 Å². The number of hydrogen-bond donors (Lipinski definition) is 0. The summed E-state index contributed by atoms with van der Waals surface area (Å²) >= 11 is 0. The second kappa shape index (κ2) is 13.8. The lowest BCUT2D eigenvalue weighted by Gasteiger charge is -2.14. The minimum atomic E-state index is -0.415. The fourth-order valence-corrected chi connectivity index (χ4v) is 4.44. The maximum Gasteiger partial charge on any atom is 0.338 e. The van der Waals surface area contributed by atoms with Crippen molar-refractivity contribution in [3.8, 4) is 16.9 Å². The Kier molecular flexibility index (Phi) is 10.6. The second-order valence-corrected chi connectivity index (χ2v) is 9.95. The van der Waals surface area contributed by atoms with E-state index >= 15 is 0 Å². The zero-order valence-corrected chi connectivity index (χ0v) is 22.8. The number of carbonyl (C=O) groups is 2. The molecular weight excluding hydrogens is 464 g/mol. The predicted octanol–water partition coefficient (Wildman–Crippen LogP) is 8.09. The highest BCUT2D eigenvalue weighted by Crippen LogP contribution is 2.31. The molecule has 3 aromatic carbocycles. The van der Waals surface area contributed by atoms with Crippen LogP contribution in [0, 0.1) is 11.8 Å². The van der Waals surface area contributed by atoms with Gasteiger partial charge in [-0.3, -0.25) is 0 Å². The van der Waals surface area contributed by atoms with E-state index in [2.05, 4.69) is 20.8 Å². The van der Waals surface area contributed by atoms with Gasteiger partial charge in [0.25, 0.3) is 0 Å². The SMILES string of the molecule is CCOC(=O)c1ccc(C(=O)OCC)c2cc(-c3ccc(OCCC(C)CCCC(C)C)cc3)ccc12. The number of esters is 2. The van der Waals surface area contributed by atoms with Crippen LogP contribution >= 0.6 is 0 Å². The molecule has 3 aromatic rings. The Bertz CT molecular complexity index is 1180. The summed E-state index contributed by atoms with van der Waals surface area (Å²) in [7, 11) is 0. The molecule has 0 N–H and O–H groups in total. The van der Waals surface area contributed by atoms with Gasteiger partial charge in [0.05, 0.1) is 30.9 Å². The molecule has 37 heavy (non-hydrogen) atoms. The molecular formula is C32H40O5. The van der Waals surface area contributed by atoms with Crippen LogP contribution in [0.15, 0.2) is 54.6 Å². The lowest BCUT2D eigenvalue weighted by molar-refractivity contribution is 0.0515. The van der Waals surface area contributed by atoms with Crippen LogP contribution in [-0.2, 0) is 9.47 Å². The fraction of sp³-hybridized carbons (Fsp3) is 0.438. The van der Waals surface area contributed by atoms with E-state index in [1.807, 2.05) is 42.5 Å². The van der Waals surface area contributed by atoms with Gasteiger partial charge in [-0.25, -0.2) is 9.59 Å². The van der Waals surface area contributed by atoms with Crippen molar-refractivity contribution in [2.75, 3.05) is 19.8 Å². The van der Waals surface area contributed by atoms with Crippen LogP contribution in [0.25, 0.3) is 21.9 Å². The molecule has 0 spiro atoms. The summed E-state index contributed by atoms with van der Waals surface area (Å²) in [5.74, 6) is 1.44. The number of hydrogen-bond acceptors (Lipinski definition) is 5. The summed E-state index contributed by atoms with van der Waals surface area (Å²) in [6.07, 6.45) is 4.85. The van der Waals surface area contributed by atoms with Gasteiger partial charge in [0.15, 0.2) is 0 Å². The molecule has 0 aromatic heterocycles. The van der Waals surface area contributed by atoms with Crippen LogP contribution in [-0.4, -0.2) is 31.8 Å². The molecule has 3 rings (SSSR count). The molecule has 0 aliphatic carbocycles. The van der Waals surface area contributed by atoms with Crippen molar-refractivity contribution in [1.29, 1.82) is 0 Å². The van der Waals surface area contributed by atoms with Crippen molar-refractivity contribution in [3.05, 3.63) is 65.7 Å². The smallest absolute Gasteiger partial charge is 0.338 e. The summed E-state index contributed by atoms with van der Waals surface area (Å²) < 4.78 is 16.5. The zero-order valence-electron chi connectivity index (χ0n) is 22.8. The van der Waals surface area contributed by atoms with Crippen LogP contribution in [0.2, 0.25) is 0 Å². The third-order valence-electron chi connectivity index (χ3n) is 6.55. The Morgan fingerprint density at radius 2 is 1.30 bits per heavy atom. The van der Waals surface area contributed by atoms with Crippen molar-refractivity contribution in [1.82, 2.24) is 0 Å². The van der Waals surface area contributed by atoms with Crippen molar-refractivity contribution in [2.24, 2.45) is 11.8 Å². The monoisotopic (exact) mass is 504 g/mol. The normalized spacial score (nSPS) is 11.9. The molecule has 5 heteroatoms. The van der Waals surface area contributed by atoms with E-state index in [4.69, 9.17) is 14.2 Å². The number of fused-ring (bicyclic) bond motifs is 1. The van der Waals surface area contributed by atoms with E-state index in [0.29, 0.717) is 34.4 Å². The van der Waals surface area contributed by atoms with Crippen LogP contribution in [0.3, 0.4) is 0 Å². The number of ether oxygens (including phenoxy) is 3. The molecule has 0 fully saturated rings. The highest BCUT2D eigenvalue weighted by molar-refractivity contribution is 6.12. The molecule has 198 valence electrons. The lowest BCUT2D eigenvalue weighted by atomic mass is 9.95. The van der Waals surface area contributed by atoms with Crippen molar-refractivity contribution < 1.29 is 23.8 Å². The minimum Gasteiger partial charge on any atom is -0.494 e. The first-order chi connectivity index (χ1) is 17.8. The van der Waals surface area contributed by atoms with Gasteiger partial charge >= 0.3 is 11.9 Å². The first kappa shape index (κ1) is 28.2. The highest BCUT2D eigenvalue weighted by Gasteiger charge is 2.18. The molecule has 0 bridgehead atoms. The van der Waals surface area contributed by atoms with Crippen LogP contribution in [0.5, 0.6) is 5.75 Å². The maximum atomic E-state index is 12.6. The topological polar surface area (TPSA) is 61.8 Å². The third-order valence-corrected chi connectivity index (χ3v) is 6.55. The van der Waals surface area contributed by atoms with Gasteiger partial charge in [-0.15, -0.1) is 0 Å². The van der Waals surface area contributed by atoms with Gasteiger partial charge in [-0.1, -0.05) is 64.3 Å². The maximum absolute atomic E-state index is 12.6. The minimum absolute atomic E-state index is 0.276. The Morgan fingerprint density at radius 3 is 1.89 bits per heavy atom. The van der Waals surface area contributed by atoms with Crippen molar-refractivity contribution in [2.45, 2.75) is 60.3 Å². The molecule has 0 aliphatic rings. The summed E-state index contributed by atoms with van der Waals surface area (Å²) in [4.78, 5) is 25.2. The fourth-order valence-electron chi connectivity index (χ4n) is 4.44. The van der Waals surface area contributed by atoms with Crippen molar-refractivity contribution >= 4 is 22.7 Å². The van der Waals surface area contributed by atoms with Gasteiger partial charge in [-0.05, 0) is 84.3 Å². The Hall–Kier alpha value is -3.34. The molecule has 0 radical (unpaired) electrons. The summed E-state index contributed by atoms with van der Waals surface area (Å²) in [6.45, 7) is 11.6. The van der Waals surface area contributed by atoms with E-state index in [0.717, 1.165) is 29.2 Å². The van der Waals surface area contributed by atoms with Gasteiger partial charge in [0.2, 0.25) is 0 Å². The second-order valence-electron chi connectivity index (χ2n) is 9.95. The van der Waals surface area contributed by atoms with Gasteiger partial charge in [-0.2, -0.15) is 0 Å². The van der Waals surface area contributed by atoms with Crippen molar-refractivity contribution in [3.63, 3.8) is 0 Å². The lowest BCUT2D eigenvalue weighted by Crippen LogP contribution is -2.09. The molecule has 0 saturated heterocycles. The van der Waals surface area contributed by atoms with E-state index in [1.54, 1.807) is 26.0 Å². The number of rotatable bonds is 13. The number of benzene rings is 3. The average Bonchev–Trinajstić information content (AvgIpc) is 2.88. The molecule has 1 unspecified atom stereocenters. The van der Waals surface area contributed by atoms with Gasteiger partial charge in [0, 0.05) is 0 Å². The molecule has 0 saturated carbocycles. The number of carbonyl (C=O) groups excluding carboxylic acids is 2. The van der Waals surface area contributed by atoms with Crippen LogP contribution < -0.4 is 4.74 Å². The summed E-state index contributed by atoms with van der Waals surface area (Å²) in [5, 5.41) is 1.32. The van der Waals surface area contributed by atoms with Gasteiger partial charge < -0.3 is 14.2 Å². The Morgan fingerprint density at radius 1 is 0.703 bits per heavy atom. The van der Waals surface area contributed by atoms with E-state index in [9.17, 15) is 9.59 Å². The Labute approximate surface area is 221 Å². The summed E-state index contributed by atoms with van der Waals surface area (Å²) in [6, 6.07) is 17.0. The zero-order chi connectivity index (χ0) is 26.8. The average molecular weight is 505 g/mol.